The van der Waals surface area contributed by atoms with Crippen molar-refractivity contribution in [3.63, 3.8) is 0 Å². The number of ether oxygens (including phenoxy) is 1. The van der Waals surface area contributed by atoms with Crippen molar-refractivity contribution in [2.45, 2.75) is 43.2 Å². The molecule has 0 spiro atoms. The van der Waals surface area contributed by atoms with Gasteiger partial charge in [0.2, 0.25) is 0 Å². The van der Waals surface area contributed by atoms with E-state index >= 15 is 0 Å². The van der Waals surface area contributed by atoms with E-state index in [-0.39, 0.29) is 4.90 Å². The average Bonchev–Trinajstić information content (AvgIpc) is 3.25. The van der Waals surface area contributed by atoms with Gasteiger partial charge in [-0.3, -0.25) is 4.90 Å². The lowest BCUT2D eigenvalue weighted by atomic mass is 9.76. The lowest BCUT2D eigenvalue weighted by Gasteiger charge is -2.36. The SMILES string of the molecule is COC(=O)N1CC[C@]2(CC=C(C)C)c3ccccc3N(S(=O)(=O)c3ccccc3)[C@H]12. The van der Waals surface area contributed by atoms with Gasteiger partial charge in [-0.25, -0.2) is 17.5 Å². The topological polar surface area (TPSA) is 66.9 Å². The predicted molar refractivity (Wildman–Crippen MR) is 116 cm³/mol. The van der Waals surface area contributed by atoms with E-state index < -0.39 is 27.7 Å². The third-order valence-electron chi connectivity index (χ3n) is 6.07. The van der Waals surface area contributed by atoms with Gasteiger partial charge in [-0.2, -0.15) is 0 Å². The minimum atomic E-state index is -3.89. The van der Waals surface area contributed by atoms with Crippen LogP contribution in [0.3, 0.4) is 0 Å². The van der Waals surface area contributed by atoms with Gasteiger partial charge in [0.25, 0.3) is 10.0 Å². The van der Waals surface area contributed by atoms with Gasteiger partial charge < -0.3 is 4.74 Å². The van der Waals surface area contributed by atoms with Crippen LogP contribution in [-0.4, -0.2) is 39.2 Å². The van der Waals surface area contributed by atoms with Gasteiger partial charge in [0.05, 0.1) is 17.7 Å². The number of para-hydroxylation sites is 1. The number of benzene rings is 2. The second kappa shape index (κ2) is 7.47. The normalized spacial score (nSPS) is 22.4. The molecule has 2 aromatic rings. The van der Waals surface area contributed by atoms with Gasteiger partial charge in [-0.15, -0.1) is 0 Å². The van der Waals surface area contributed by atoms with Crippen molar-refractivity contribution < 1.29 is 17.9 Å². The van der Waals surface area contributed by atoms with E-state index in [1.165, 1.54) is 11.4 Å². The lowest BCUT2D eigenvalue weighted by molar-refractivity contribution is 0.115. The number of carbonyl (C=O) groups is 1. The fourth-order valence-corrected chi connectivity index (χ4v) is 6.42. The smallest absolute Gasteiger partial charge is 0.411 e. The summed E-state index contributed by atoms with van der Waals surface area (Å²) in [6.07, 6.45) is 2.24. The Kier molecular flexibility index (Phi) is 5.10. The van der Waals surface area contributed by atoms with Crippen LogP contribution in [0, 0.1) is 0 Å². The van der Waals surface area contributed by atoms with Gasteiger partial charge >= 0.3 is 6.09 Å². The quantitative estimate of drug-likeness (QED) is 0.684. The molecule has 158 valence electrons. The van der Waals surface area contributed by atoms with E-state index in [9.17, 15) is 13.2 Å². The molecule has 0 unspecified atom stereocenters. The largest absolute Gasteiger partial charge is 0.453 e. The molecule has 1 fully saturated rings. The van der Waals surface area contributed by atoms with Gasteiger partial charge in [-0.05, 0) is 50.5 Å². The van der Waals surface area contributed by atoms with Crippen molar-refractivity contribution in [1.82, 2.24) is 4.90 Å². The van der Waals surface area contributed by atoms with E-state index in [0.717, 1.165) is 11.1 Å². The number of hydrogen-bond donors (Lipinski definition) is 0. The summed E-state index contributed by atoms with van der Waals surface area (Å²) in [5.41, 5.74) is 2.21. The molecule has 2 heterocycles. The van der Waals surface area contributed by atoms with Crippen LogP contribution >= 0.6 is 0 Å². The molecule has 0 aliphatic carbocycles. The minimum absolute atomic E-state index is 0.203. The molecule has 0 bridgehead atoms. The van der Waals surface area contributed by atoms with Crippen LogP contribution < -0.4 is 4.31 Å². The van der Waals surface area contributed by atoms with E-state index in [1.54, 1.807) is 35.2 Å². The number of sulfonamides is 1. The number of amides is 1. The van der Waals surface area contributed by atoms with Crippen molar-refractivity contribution in [3.8, 4) is 0 Å². The number of anilines is 1. The summed E-state index contributed by atoms with van der Waals surface area (Å²) in [6, 6.07) is 16.0. The van der Waals surface area contributed by atoms with Gasteiger partial charge in [0.15, 0.2) is 0 Å². The zero-order valence-electron chi connectivity index (χ0n) is 17.4. The fourth-order valence-electron chi connectivity index (χ4n) is 4.69. The molecule has 2 aliphatic rings. The number of methoxy groups -OCH3 is 1. The number of allylic oxidation sites excluding steroid dienone is 2. The molecule has 6 nitrogen and oxygen atoms in total. The minimum Gasteiger partial charge on any atom is -0.453 e. The molecule has 1 saturated heterocycles. The summed E-state index contributed by atoms with van der Waals surface area (Å²) in [5.74, 6) is 0. The molecular weight excluding hydrogens is 400 g/mol. The van der Waals surface area contributed by atoms with E-state index in [4.69, 9.17) is 4.74 Å². The second-order valence-corrected chi connectivity index (χ2v) is 9.87. The Morgan fingerprint density at radius 2 is 1.80 bits per heavy atom. The molecule has 2 aromatic carbocycles. The predicted octanol–water partition coefficient (Wildman–Crippen LogP) is 4.29. The van der Waals surface area contributed by atoms with Gasteiger partial charge in [0, 0.05) is 12.0 Å². The third-order valence-corrected chi connectivity index (χ3v) is 7.85. The van der Waals surface area contributed by atoms with Crippen molar-refractivity contribution in [3.05, 3.63) is 71.8 Å². The third kappa shape index (κ3) is 2.99. The van der Waals surface area contributed by atoms with Gasteiger partial charge in [0.1, 0.15) is 6.17 Å². The molecule has 7 heteroatoms. The van der Waals surface area contributed by atoms with Crippen molar-refractivity contribution in [2.24, 2.45) is 0 Å². The molecule has 0 N–H and O–H groups in total. The molecule has 1 amide bonds. The Bertz CT molecular complexity index is 1090. The highest BCUT2D eigenvalue weighted by molar-refractivity contribution is 7.92. The highest BCUT2D eigenvalue weighted by Gasteiger charge is 2.61. The first-order valence-corrected chi connectivity index (χ1v) is 11.4. The zero-order valence-corrected chi connectivity index (χ0v) is 18.2. The number of hydrogen-bond acceptors (Lipinski definition) is 4. The lowest BCUT2D eigenvalue weighted by Crippen LogP contribution is -2.53. The Morgan fingerprint density at radius 3 is 2.47 bits per heavy atom. The second-order valence-electron chi connectivity index (χ2n) is 8.06. The van der Waals surface area contributed by atoms with Crippen molar-refractivity contribution >= 4 is 21.8 Å². The van der Waals surface area contributed by atoms with Crippen LogP contribution in [0.15, 0.2) is 71.1 Å². The molecule has 2 aliphatic heterocycles. The summed E-state index contributed by atoms with van der Waals surface area (Å²) in [6.45, 7) is 4.49. The molecular formula is C23H26N2O4S. The summed E-state index contributed by atoms with van der Waals surface area (Å²) < 4.78 is 34.1. The Labute approximate surface area is 177 Å². The molecule has 0 aromatic heterocycles. The maximum absolute atomic E-state index is 13.8. The van der Waals surface area contributed by atoms with E-state index in [0.29, 0.717) is 25.1 Å². The van der Waals surface area contributed by atoms with Crippen LogP contribution in [0.4, 0.5) is 10.5 Å². The number of nitrogens with zero attached hydrogens (tertiary/aromatic N) is 2. The van der Waals surface area contributed by atoms with Crippen LogP contribution in [0.1, 0.15) is 32.3 Å². The summed E-state index contributed by atoms with van der Waals surface area (Å²) in [5, 5.41) is 0. The molecule has 30 heavy (non-hydrogen) atoms. The summed E-state index contributed by atoms with van der Waals surface area (Å²) in [4.78, 5) is 14.4. The average molecular weight is 427 g/mol. The first-order valence-electron chi connectivity index (χ1n) is 10.00. The summed E-state index contributed by atoms with van der Waals surface area (Å²) >= 11 is 0. The van der Waals surface area contributed by atoms with Crippen LogP contribution in [0.25, 0.3) is 0 Å². The van der Waals surface area contributed by atoms with Crippen LogP contribution in [0.5, 0.6) is 0 Å². The van der Waals surface area contributed by atoms with Crippen LogP contribution in [0.2, 0.25) is 0 Å². The Hall–Kier alpha value is -2.80. The first-order chi connectivity index (χ1) is 14.3. The standard InChI is InChI=1S/C23H26N2O4S/c1-17(2)13-14-23-15-16-24(22(26)29-3)21(23)25(20-12-8-7-11-19(20)23)30(27,28)18-9-5-4-6-10-18/h4-13,21H,14-16H2,1-3H3/t21-,23+/m0/s1. The van der Waals surface area contributed by atoms with Gasteiger partial charge in [-0.1, -0.05) is 48.0 Å². The van der Waals surface area contributed by atoms with Crippen molar-refractivity contribution in [1.29, 1.82) is 0 Å². The Balaban J connectivity index is 1.95. The molecule has 4 rings (SSSR count). The van der Waals surface area contributed by atoms with Crippen molar-refractivity contribution in [2.75, 3.05) is 18.0 Å². The van der Waals surface area contributed by atoms with Crippen LogP contribution in [-0.2, 0) is 20.2 Å². The maximum atomic E-state index is 13.8. The number of carbonyl (C=O) groups excluding carboxylic acids is 1. The number of fused-ring (bicyclic) bond motifs is 3. The highest BCUT2D eigenvalue weighted by atomic mass is 32.2. The summed E-state index contributed by atoms with van der Waals surface area (Å²) in [7, 11) is -2.56. The number of likely N-dealkylation sites (tertiary alicyclic amines) is 1. The molecule has 0 saturated carbocycles. The Morgan fingerprint density at radius 1 is 1.13 bits per heavy atom. The highest BCUT2D eigenvalue weighted by Crippen LogP contribution is 2.56. The fraction of sp³-hybridized carbons (Fsp3) is 0.348. The monoisotopic (exact) mass is 426 g/mol. The molecule has 2 atom stereocenters. The maximum Gasteiger partial charge on any atom is 0.411 e. The molecule has 0 radical (unpaired) electrons. The zero-order chi connectivity index (χ0) is 21.5. The number of rotatable bonds is 4. The van der Waals surface area contributed by atoms with E-state index in [1.807, 2.05) is 38.1 Å². The van der Waals surface area contributed by atoms with E-state index in [2.05, 4.69) is 6.08 Å². The first kappa shape index (κ1) is 20.5.